The molecule has 0 saturated heterocycles. The topological polar surface area (TPSA) is 68.9 Å². The fraction of sp³-hybridized carbons (Fsp3) is 0.500. The Morgan fingerprint density at radius 1 is 1.33 bits per heavy atom. The van der Waals surface area contributed by atoms with E-state index in [-0.39, 0.29) is 11.6 Å². The van der Waals surface area contributed by atoms with Crippen molar-refractivity contribution >= 4 is 23.4 Å². The maximum absolute atomic E-state index is 11.2. The highest BCUT2D eigenvalue weighted by atomic mass is 32.2. The van der Waals surface area contributed by atoms with Crippen LogP contribution >= 0.6 is 11.8 Å². The van der Waals surface area contributed by atoms with Crippen molar-refractivity contribution in [1.82, 2.24) is 9.97 Å². The standard InChI is InChI=1S/C10H13N3OS/c1-6(14)10-12-8-3-5-15-4-2-7(8)9(11)13-10/h2-5H2,1H3,(H2,11,12,13). The van der Waals surface area contributed by atoms with Crippen LogP contribution in [0.5, 0.6) is 0 Å². The molecule has 5 heteroatoms. The maximum Gasteiger partial charge on any atom is 0.197 e. The molecule has 0 atom stereocenters. The number of fused-ring (bicyclic) bond motifs is 1. The van der Waals surface area contributed by atoms with Gasteiger partial charge in [0, 0.05) is 12.5 Å². The number of nitrogens with two attached hydrogens (primary N) is 1. The van der Waals surface area contributed by atoms with Crippen molar-refractivity contribution in [2.24, 2.45) is 0 Å². The van der Waals surface area contributed by atoms with Crippen LogP contribution in [0.1, 0.15) is 28.8 Å². The van der Waals surface area contributed by atoms with E-state index in [4.69, 9.17) is 5.73 Å². The Kier molecular flexibility index (Phi) is 2.90. The number of Topliss-reactive ketones (excluding diaryl/α,β-unsaturated/α-hetero) is 1. The van der Waals surface area contributed by atoms with Crippen LogP contribution in [0, 0.1) is 0 Å². The van der Waals surface area contributed by atoms with Gasteiger partial charge >= 0.3 is 0 Å². The molecule has 1 aromatic rings. The van der Waals surface area contributed by atoms with Gasteiger partial charge in [-0.3, -0.25) is 4.79 Å². The summed E-state index contributed by atoms with van der Waals surface area (Å²) in [5, 5.41) is 0. The van der Waals surface area contributed by atoms with Crippen LogP contribution in [-0.2, 0) is 12.8 Å². The van der Waals surface area contributed by atoms with Crippen molar-refractivity contribution in [3.05, 3.63) is 17.1 Å². The fourth-order valence-corrected chi connectivity index (χ4v) is 2.52. The minimum atomic E-state index is -0.124. The molecular weight excluding hydrogens is 210 g/mol. The predicted octanol–water partition coefficient (Wildman–Crippen LogP) is 1.09. The first-order chi connectivity index (χ1) is 7.18. The van der Waals surface area contributed by atoms with E-state index in [1.54, 1.807) is 0 Å². The normalized spacial score (nSPS) is 15.5. The number of hydrogen-bond acceptors (Lipinski definition) is 5. The molecule has 80 valence electrons. The van der Waals surface area contributed by atoms with Crippen molar-refractivity contribution in [3.63, 3.8) is 0 Å². The number of aryl methyl sites for hydroxylation is 1. The van der Waals surface area contributed by atoms with E-state index in [0.29, 0.717) is 5.82 Å². The second-order valence-corrected chi connectivity index (χ2v) is 4.75. The van der Waals surface area contributed by atoms with Gasteiger partial charge in [-0.1, -0.05) is 0 Å². The molecular formula is C10H13N3OS. The van der Waals surface area contributed by atoms with Crippen LogP contribution < -0.4 is 5.73 Å². The zero-order valence-corrected chi connectivity index (χ0v) is 9.43. The van der Waals surface area contributed by atoms with Gasteiger partial charge in [0.15, 0.2) is 11.6 Å². The third-order valence-corrected chi connectivity index (χ3v) is 3.40. The van der Waals surface area contributed by atoms with E-state index in [2.05, 4.69) is 9.97 Å². The lowest BCUT2D eigenvalue weighted by molar-refractivity contribution is 0.100. The Morgan fingerprint density at radius 3 is 2.80 bits per heavy atom. The van der Waals surface area contributed by atoms with Crippen molar-refractivity contribution in [2.75, 3.05) is 17.2 Å². The summed E-state index contributed by atoms with van der Waals surface area (Å²) in [6, 6.07) is 0. The number of thioether (sulfide) groups is 1. The number of carbonyl (C=O) groups excluding carboxylic acids is 1. The van der Waals surface area contributed by atoms with Crippen molar-refractivity contribution in [1.29, 1.82) is 0 Å². The Hall–Kier alpha value is -1.10. The second kappa shape index (κ2) is 4.18. The molecule has 1 aliphatic rings. The van der Waals surface area contributed by atoms with E-state index in [0.717, 1.165) is 35.6 Å². The second-order valence-electron chi connectivity index (χ2n) is 3.53. The third kappa shape index (κ3) is 2.12. The lowest BCUT2D eigenvalue weighted by atomic mass is 10.1. The highest BCUT2D eigenvalue weighted by Gasteiger charge is 2.16. The molecule has 0 fully saturated rings. The molecule has 0 unspecified atom stereocenters. The summed E-state index contributed by atoms with van der Waals surface area (Å²) in [6.07, 6.45) is 1.79. The van der Waals surface area contributed by atoms with Crippen LogP contribution in [0.15, 0.2) is 0 Å². The summed E-state index contributed by atoms with van der Waals surface area (Å²) in [7, 11) is 0. The number of hydrogen-bond donors (Lipinski definition) is 1. The van der Waals surface area contributed by atoms with Crippen molar-refractivity contribution in [2.45, 2.75) is 19.8 Å². The lowest BCUT2D eigenvalue weighted by Gasteiger charge is -2.08. The fourth-order valence-electron chi connectivity index (χ4n) is 1.63. The van der Waals surface area contributed by atoms with Gasteiger partial charge in [-0.25, -0.2) is 9.97 Å². The molecule has 2 N–H and O–H groups in total. The van der Waals surface area contributed by atoms with Gasteiger partial charge in [-0.05, 0) is 24.3 Å². The number of nitrogens with zero attached hydrogens (tertiary/aromatic N) is 2. The molecule has 0 spiro atoms. The predicted molar refractivity (Wildman–Crippen MR) is 61.2 cm³/mol. The summed E-state index contributed by atoms with van der Waals surface area (Å²) < 4.78 is 0. The third-order valence-electron chi connectivity index (χ3n) is 2.42. The number of rotatable bonds is 1. The first kappa shape index (κ1) is 10.4. The van der Waals surface area contributed by atoms with Crippen LogP contribution in [-0.4, -0.2) is 27.3 Å². The number of nitrogen functional groups attached to an aromatic ring is 1. The number of anilines is 1. The minimum Gasteiger partial charge on any atom is -0.383 e. The molecule has 15 heavy (non-hydrogen) atoms. The first-order valence-electron chi connectivity index (χ1n) is 4.92. The highest BCUT2D eigenvalue weighted by Crippen LogP contribution is 2.22. The molecule has 0 aromatic carbocycles. The van der Waals surface area contributed by atoms with E-state index >= 15 is 0 Å². The summed E-state index contributed by atoms with van der Waals surface area (Å²) in [6.45, 7) is 1.46. The molecule has 2 heterocycles. The Morgan fingerprint density at radius 2 is 2.07 bits per heavy atom. The summed E-state index contributed by atoms with van der Waals surface area (Å²) >= 11 is 1.89. The Labute approximate surface area is 92.7 Å². The average molecular weight is 223 g/mol. The van der Waals surface area contributed by atoms with Gasteiger partial charge in [-0.15, -0.1) is 0 Å². The molecule has 1 aromatic heterocycles. The zero-order valence-electron chi connectivity index (χ0n) is 8.62. The monoisotopic (exact) mass is 223 g/mol. The maximum atomic E-state index is 11.2. The molecule has 4 nitrogen and oxygen atoms in total. The Bertz CT molecular complexity index is 406. The zero-order chi connectivity index (χ0) is 10.8. The van der Waals surface area contributed by atoms with Crippen LogP contribution in [0.3, 0.4) is 0 Å². The smallest absolute Gasteiger partial charge is 0.197 e. The van der Waals surface area contributed by atoms with Crippen LogP contribution in [0.2, 0.25) is 0 Å². The van der Waals surface area contributed by atoms with E-state index in [1.165, 1.54) is 6.92 Å². The molecule has 0 radical (unpaired) electrons. The molecule has 0 aliphatic carbocycles. The summed E-state index contributed by atoms with van der Waals surface area (Å²) in [5.41, 5.74) is 7.83. The molecule has 0 amide bonds. The molecule has 0 bridgehead atoms. The first-order valence-corrected chi connectivity index (χ1v) is 6.08. The van der Waals surface area contributed by atoms with Crippen molar-refractivity contribution < 1.29 is 4.79 Å². The lowest BCUT2D eigenvalue weighted by Crippen LogP contribution is -2.11. The van der Waals surface area contributed by atoms with Crippen LogP contribution in [0.4, 0.5) is 5.82 Å². The molecule has 1 aliphatic heterocycles. The quantitative estimate of drug-likeness (QED) is 0.722. The van der Waals surface area contributed by atoms with Crippen LogP contribution in [0.25, 0.3) is 0 Å². The van der Waals surface area contributed by atoms with Gasteiger partial charge in [0.2, 0.25) is 0 Å². The van der Waals surface area contributed by atoms with Crippen molar-refractivity contribution in [3.8, 4) is 0 Å². The van der Waals surface area contributed by atoms with Gasteiger partial charge in [0.1, 0.15) is 5.82 Å². The number of carbonyl (C=O) groups is 1. The number of ketones is 1. The molecule has 2 rings (SSSR count). The van der Waals surface area contributed by atoms with Gasteiger partial charge in [0.05, 0.1) is 5.69 Å². The summed E-state index contributed by atoms with van der Waals surface area (Å²) in [5.74, 6) is 2.70. The SMILES string of the molecule is CC(=O)c1nc(N)c2c(n1)CCSCC2. The Balaban J connectivity index is 2.48. The molecule has 0 saturated carbocycles. The summed E-state index contributed by atoms with van der Waals surface area (Å²) in [4.78, 5) is 19.5. The largest absolute Gasteiger partial charge is 0.383 e. The minimum absolute atomic E-state index is 0.124. The van der Waals surface area contributed by atoms with E-state index < -0.39 is 0 Å². The van der Waals surface area contributed by atoms with E-state index in [9.17, 15) is 4.79 Å². The highest BCUT2D eigenvalue weighted by molar-refractivity contribution is 7.99. The van der Waals surface area contributed by atoms with Gasteiger partial charge < -0.3 is 5.73 Å². The number of aromatic nitrogens is 2. The van der Waals surface area contributed by atoms with Gasteiger partial charge in [0.25, 0.3) is 0 Å². The average Bonchev–Trinajstić information content (AvgIpc) is 2.42. The van der Waals surface area contributed by atoms with E-state index in [1.807, 2.05) is 11.8 Å². The van der Waals surface area contributed by atoms with Gasteiger partial charge in [-0.2, -0.15) is 11.8 Å².